The number of aromatic nitrogens is 1. The molecule has 3 rings (SSSR count). The van der Waals surface area contributed by atoms with E-state index in [1.807, 2.05) is 39.0 Å². The van der Waals surface area contributed by atoms with Crippen molar-refractivity contribution in [3.05, 3.63) is 59.3 Å². The number of pyridine rings is 1. The van der Waals surface area contributed by atoms with Gasteiger partial charge in [-0.2, -0.15) is 0 Å². The van der Waals surface area contributed by atoms with Crippen LogP contribution in [-0.2, 0) is 33.7 Å². The molecular formula is C32H44F2N4O6. The number of aryl methyl sites for hydroxylation is 2. The van der Waals surface area contributed by atoms with E-state index in [-0.39, 0.29) is 32.5 Å². The zero-order chi connectivity index (χ0) is 32.1. The molecule has 242 valence electrons. The molecule has 10 nitrogen and oxygen atoms in total. The quantitative estimate of drug-likeness (QED) is 0.240. The monoisotopic (exact) mass is 618 g/mol. The Morgan fingerprint density at radius 3 is 2.45 bits per heavy atom. The first-order valence-electron chi connectivity index (χ1n) is 15.1. The van der Waals surface area contributed by atoms with Crippen LogP contribution < -0.4 is 10.2 Å². The predicted molar refractivity (Wildman–Crippen MR) is 162 cm³/mol. The van der Waals surface area contributed by atoms with E-state index in [9.17, 15) is 28.3 Å². The molecule has 1 aromatic heterocycles. The highest BCUT2D eigenvalue weighted by Gasteiger charge is 2.28. The molecule has 2 aromatic rings. The topological polar surface area (TPSA) is 121 Å². The first kappa shape index (κ1) is 34.7. The molecule has 1 atom stereocenters. The maximum atomic E-state index is 13.0. The number of hydrogen-bond acceptors (Lipinski definition) is 7. The van der Waals surface area contributed by atoms with Crippen LogP contribution in [0.25, 0.3) is 0 Å². The fraction of sp³-hybridized carbons (Fsp3) is 0.562. The lowest BCUT2D eigenvalue weighted by Crippen LogP contribution is -2.43. The van der Waals surface area contributed by atoms with Crippen LogP contribution in [0.15, 0.2) is 42.5 Å². The predicted octanol–water partition coefficient (Wildman–Crippen LogP) is 5.82. The number of carbonyl (C=O) groups is 3. The van der Waals surface area contributed by atoms with Crippen LogP contribution in [0.1, 0.15) is 69.7 Å². The lowest BCUT2D eigenvalue weighted by Gasteiger charge is -2.31. The van der Waals surface area contributed by atoms with Crippen molar-refractivity contribution < 1.29 is 37.7 Å². The Kier molecular flexibility index (Phi) is 13.3. The van der Waals surface area contributed by atoms with E-state index in [2.05, 4.69) is 5.32 Å². The fourth-order valence-electron chi connectivity index (χ4n) is 4.85. The largest absolute Gasteiger partial charge is 0.480 e. The molecule has 12 heteroatoms. The van der Waals surface area contributed by atoms with E-state index in [1.165, 1.54) is 0 Å². The van der Waals surface area contributed by atoms with Gasteiger partial charge in [-0.05, 0) is 83.0 Å². The van der Waals surface area contributed by atoms with Crippen molar-refractivity contribution in [3.8, 4) is 0 Å². The number of halogens is 2. The zero-order valence-electron chi connectivity index (χ0n) is 25.8. The van der Waals surface area contributed by atoms with Crippen molar-refractivity contribution in [3.63, 3.8) is 0 Å². The Bertz CT molecular complexity index is 1220. The number of unbranched alkanes of at least 4 members (excludes halogenated alkanes) is 1. The normalized spacial score (nSPS) is 13.8. The molecule has 0 bridgehead atoms. The summed E-state index contributed by atoms with van der Waals surface area (Å²) in [7, 11) is 0. The molecule has 1 aromatic carbocycles. The average molecular weight is 619 g/mol. The minimum Gasteiger partial charge on any atom is -0.480 e. The molecule has 0 saturated carbocycles. The summed E-state index contributed by atoms with van der Waals surface area (Å²) in [5, 5.41) is 12.0. The highest BCUT2D eigenvalue weighted by molar-refractivity contribution is 5.88. The number of rotatable bonds is 15. The second-order valence-corrected chi connectivity index (χ2v) is 11.9. The molecule has 2 N–H and O–H groups in total. The van der Waals surface area contributed by atoms with E-state index in [0.29, 0.717) is 31.7 Å². The molecule has 0 fully saturated rings. The van der Waals surface area contributed by atoms with Crippen molar-refractivity contribution in [1.82, 2.24) is 15.2 Å². The average Bonchev–Trinajstić information content (AvgIpc) is 2.97. The van der Waals surface area contributed by atoms with Crippen LogP contribution in [0, 0.1) is 0 Å². The van der Waals surface area contributed by atoms with Crippen LogP contribution in [0.2, 0.25) is 0 Å². The summed E-state index contributed by atoms with van der Waals surface area (Å²) in [5.74, 6) is -0.606. The maximum Gasteiger partial charge on any atom is 0.416 e. The number of carboxylic acids is 1. The standard InChI is InChI=1S/C32H44F2N4O6/c1-32(2,3)44-31(42)38-19-9-12-24-14-15-25(35-28(24)38)13-7-8-18-37(21-17-27(33)34)20-16-26(29(39)40)36-30(41)43-22-23-10-5-4-6-11-23/h4-6,10-11,14-15,26-27H,7-9,12-13,16-22H2,1-3H3,(H,36,41)(H,39,40)/t26-/m0/s1. The molecule has 1 aliphatic rings. The van der Waals surface area contributed by atoms with E-state index < -0.39 is 36.2 Å². The number of aliphatic carboxylic acids is 1. The van der Waals surface area contributed by atoms with Crippen LogP contribution in [0.4, 0.5) is 24.2 Å². The van der Waals surface area contributed by atoms with Crippen LogP contribution in [0.5, 0.6) is 0 Å². The summed E-state index contributed by atoms with van der Waals surface area (Å²) < 4.78 is 36.7. The van der Waals surface area contributed by atoms with Crippen LogP contribution in [-0.4, -0.2) is 77.4 Å². The van der Waals surface area contributed by atoms with E-state index in [1.54, 1.807) is 34.1 Å². The fourth-order valence-corrected chi connectivity index (χ4v) is 4.85. The number of benzene rings is 1. The Labute approximate surface area is 257 Å². The van der Waals surface area contributed by atoms with E-state index in [0.717, 1.165) is 36.1 Å². The summed E-state index contributed by atoms with van der Waals surface area (Å²) >= 11 is 0. The number of hydrogen-bond donors (Lipinski definition) is 2. The Morgan fingerprint density at radius 2 is 1.77 bits per heavy atom. The van der Waals surface area contributed by atoms with Gasteiger partial charge in [0.05, 0.1) is 0 Å². The summed E-state index contributed by atoms with van der Waals surface area (Å²) in [6.07, 6.45) is -0.385. The highest BCUT2D eigenvalue weighted by atomic mass is 19.3. The number of fused-ring (bicyclic) bond motifs is 1. The Hall–Kier alpha value is -3.80. The van der Waals surface area contributed by atoms with Gasteiger partial charge in [0, 0.05) is 31.7 Å². The summed E-state index contributed by atoms with van der Waals surface area (Å²) in [5.41, 5.74) is 1.96. The Balaban J connectivity index is 1.51. The number of anilines is 1. The van der Waals surface area contributed by atoms with Gasteiger partial charge >= 0.3 is 18.2 Å². The van der Waals surface area contributed by atoms with Gasteiger partial charge in [0.2, 0.25) is 6.43 Å². The SMILES string of the molecule is CC(C)(C)OC(=O)N1CCCc2ccc(CCCCN(CCC(F)F)CC[C@H](NC(=O)OCc3ccccc3)C(=O)O)nc21. The molecule has 0 unspecified atom stereocenters. The number of alkyl halides is 2. The number of nitrogens with zero attached hydrogens (tertiary/aromatic N) is 3. The molecule has 0 spiro atoms. The van der Waals surface area contributed by atoms with Gasteiger partial charge in [-0.1, -0.05) is 36.4 Å². The second kappa shape index (κ2) is 16.9. The van der Waals surface area contributed by atoms with Crippen molar-refractivity contribution in [1.29, 1.82) is 0 Å². The third-order valence-corrected chi connectivity index (χ3v) is 7.07. The summed E-state index contributed by atoms with van der Waals surface area (Å²) in [6, 6.07) is 11.7. The van der Waals surface area contributed by atoms with E-state index >= 15 is 0 Å². The molecule has 2 heterocycles. The molecule has 0 aliphatic carbocycles. The van der Waals surface area contributed by atoms with Gasteiger partial charge in [-0.25, -0.2) is 28.1 Å². The first-order valence-corrected chi connectivity index (χ1v) is 15.1. The number of carbonyl (C=O) groups excluding carboxylic acids is 2. The minimum absolute atomic E-state index is 0.00234. The van der Waals surface area contributed by atoms with Gasteiger partial charge in [-0.15, -0.1) is 0 Å². The van der Waals surface area contributed by atoms with Crippen molar-refractivity contribution >= 4 is 24.0 Å². The second-order valence-electron chi connectivity index (χ2n) is 11.9. The molecule has 1 aliphatic heterocycles. The smallest absolute Gasteiger partial charge is 0.416 e. The lowest BCUT2D eigenvalue weighted by molar-refractivity contribution is -0.139. The maximum absolute atomic E-state index is 13.0. The highest BCUT2D eigenvalue weighted by Crippen LogP contribution is 2.27. The van der Waals surface area contributed by atoms with Crippen LogP contribution in [0.3, 0.4) is 0 Å². The number of nitrogens with one attached hydrogen (secondary N) is 1. The molecule has 0 radical (unpaired) electrons. The van der Waals surface area contributed by atoms with Gasteiger partial charge in [0.15, 0.2) is 0 Å². The van der Waals surface area contributed by atoms with Gasteiger partial charge in [0.1, 0.15) is 24.1 Å². The number of amides is 2. The van der Waals surface area contributed by atoms with Crippen molar-refractivity contribution in [2.75, 3.05) is 31.1 Å². The molecule has 0 saturated heterocycles. The Morgan fingerprint density at radius 1 is 1.05 bits per heavy atom. The summed E-state index contributed by atoms with van der Waals surface area (Å²) in [4.78, 5) is 44.9. The lowest BCUT2D eigenvalue weighted by atomic mass is 10.0. The number of carboxylic acid groups (broad SMARTS) is 1. The van der Waals surface area contributed by atoms with Gasteiger partial charge in [0.25, 0.3) is 0 Å². The van der Waals surface area contributed by atoms with Crippen molar-refractivity contribution in [2.45, 2.75) is 90.4 Å². The molecule has 2 amide bonds. The van der Waals surface area contributed by atoms with Crippen molar-refractivity contribution in [2.24, 2.45) is 0 Å². The van der Waals surface area contributed by atoms with E-state index in [4.69, 9.17) is 14.5 Å². The molecular weight excluding hydrogens is 574 g/mol. The number of alkyl carbamates (subject to hydrolysis) is 1. The van der Waals surface area contributed by atoms with Gasteiger partial charge < -0.3 is 24.8 Å². The van der Waals surface area contributed by atoms with Crippen LogP contribution >= 0.6 is 0 Å². The van der Waals surface area contributed by atoms with Gasteiger partial charge in [-0.3, -0.25) is 4.90 Å². The minimum atomic E-state index is -2.48. The summed E-state index contributed by atoms with van der Waals surface area (Å²) in [6.45, 7) is 6.80. The zero-order valence-corrected chi connectivity index (χ0v) is 25.8. The third kappa shape index (κ3) is 12.1. The molecule has 44 heavy (non-hydrogen) atoms. The number of ether oxygens (including phenoxy) is 2. The first-order chi connectivity index (χ1) is 20.9. The third-order valence-electron chi connectivity index (χ3n) is 7.07.